The first-order valence-corrected chi connectivity index (χ1v) is 18.1. The van der Waals surface area contributed by atoms with E-state index in [0.717, 1.165) is 32.4 Å². The van der Waals surface area contributed by atoms with Gasteiger partial charge in [0.1, 0.15) is 0 Å². The molecule has 1 aliphatic rings. The summed E-state index contributed by atoms with van der Waals surface area (Å²) in [5.74, 6) is -2.41. The number of piperazine rings is 1. The Hall–Kier alpha value is -3.87. The Balaban J connectivity index is 1.54. The molecule has 4 rings (SSSR count). The van der Waals surface area contributed by atoms with Crippen molar-refractivity contribution in [3.05, 3.63) is 82.3 Å². The number of aromatic nitrogens is 1. The number of Topliss-reactive ketones (excluding diaryl/α,β-unsaturated/α-hetero) is 1. The summed E-state index contributed by atoms with van der Waals surface area (Å²) in [7, 11) is -6.76. The van der Waals surface area contributed by atoms with Crippen LogP contribution < -0.4 is 10.1 Å². The number of rotatable bonds is 15. The van der Waals surface area contributed by atoms with Gasteiger partial charge in [-0.2, -0.15) is 4.31 Å². The second-order valence-corrected chi connectivity index (χ2v) is 15.2. The van der Waals surface area contributed by atoms with Crippen molar-refractivity contribution in [2.45, 2.75) is 36.1 Å². The van der Waals surface area contributed by atoms with Gasteiger partial charge < -0.3 is 15.6 Å². The summed E-state index contributed by atoms with van der Waals surface area (Å²) in [5.41, 5.74) is -0.637. The minimum Gasteiger partial charge on any atom is -0.331 e. The number of aryl methyl sites for hydroxylation is 1. The second-order valence-electron chi connectivity index (χ2n) is 10.7. The van der Waals surface area contributed by atoms with Crippen molar-refractivity contribution in [1.29, 1.82) is 5.41 Å². The van der Waals surface area contributed by atoms with Crippen molar-refractivity contribution in [1.82, 2.24) is 29.3 Å². The Morgan fingerprint density at radius 1 is 1.09 bits per heavy atom. The molecule has 0 bridgehead atoms. The molecule has 3 aromatic rings. The normalized spacial score (nSPS) is 15.8. The van der Waals surface area contributed by atoms with Crippen molar-refractivity contribution in [3.8, 4) is 0 Å². The van der Waals surface area contributed by atoms with Crippen LogP contribution in [0.1, 0.15) is 33.8 Å². The molecule has 1 fully saturated rings. The average Bonchev–Trinajstić information content (AvgIpc) is 3.55. The third kappa shape index (κ3) is 8.28. The van der Waals surface area contributed by atoms with Crippen molar-refractivity contribution in [3.63, 3.8) is 0 Å². The molecule has 1 aliphatic heterocycles. The van der Waals surface area contributed by atoms with Crippen LogP contribution in [0.15, 0.2) is 71.1 Å². The highest BCUT2D eigenvalue weighted by Gasteiger charge is 2.47. The quantitative estimate of drug-likeness (QED) is 0.0916. The smallest absolute Gasteiger partial charge is 0.253 e. The minimum absolute atomic E-state index is 0.0139. The molecule has 0 radical (unpaired) electrons. The monoisotopic (exact) mass is 689 g/mol. The molecule has 0 unspecified atom stereocenters. The number of nitrogens with zero attached hydrogens (tertiary/aromatic N) is 4. The van der Waals surface area contributed by atoms with E-state index < -0.39 is 56.4 Å². The number of ketones is 1. The lowest BCUT2D eigenvalue weighted by Gasteiger charge is -2.41. The van der Waals surface area contributed by atoms with E-state index in [9.17, 15) is 31.2 Å². The van der Waals surface area contributed by atoms with Crippen LogP contribution >= 0.6 is 11.3 Å². The molecule has 0 aliphatic carbocycles. The maximum absolute atomic E-state index is 14.0. The highest BCUT2D eigenvalue weighted by atomic mass is 32.2. The van der Waals surface area contributed by atoms with Gasteiger partial charge in [-0.15, -0.1) is 16.2 Å². The van der Waals surface area contributed by atoms with Crippen molar-refractivity contribution in [2.75, 3.05) is 33.2 Å². The van der Waals surface area contributed by atoms with Crippen molar-refractivity contribution in [2.24, 2.45) is 0 Å². The third-order valence-corrected chi connectivity index (χ3v) is 11.3. The van der Waals surface area contributed by atoms with Gasteiger partial charge in [-0.3, -0.25) is 14.4 Å². The van der Waals surface area contributed by atoms with Crippen LogP contribution in [-0.4, -0.2) is 98.7 Å². The Morgan fingerprint density at radius 3 is 2.39 bits per heavy atom. The van der Waals surface area contributed by atoms with Gasteiger partial charge in [0.05, 0.1) is 23.7 Å². The van der Waals surface area contributed by atoms with E-state index in [1.165, 1.54) is 30.3 Å². The second kappa shape index (κ2) is 14.7. The average molecular weight is 690 g/mol. The first kappa shape index (κ1) is 35.0. The zero-order valence-corrected chi connectivity index (χ0v) is 27.7. The fraction of sp³-hybridized carbons (Fsp3) is 0.345. The molecule has 3 N–H and O–H groups in total. The van der Waals surface area contributed by atoms with Gasteiger partial charge in [0.25, 0.3) is 10.0 Å². The van der Waals surface area contributed by atoms with Crippen LogP contribution in [0, 0.1) is 12.3 Å². The van der Waals surface area contributed by atoms with Crippen LogP contribution in [0.2, 0.25) is 0 Å². The zero-order valence-electron chi connectivity index (χ0n) is 25.2. The first-order valence-electron chi connectivity index (χ1n) is 14.1. The lowest BCUT2D eigenvalue weighted by atomic mass is 9.97. The zero-order chi connectivity index (χ0) is 33.5. The van der Waals surface area contributed by atoms with Crippen molar-refractivity contribution >= 4 is 55.2 Å². The van der Waals surface area contributed by atoms with Gasteiger partial charge in [-0.25, -0.2) is 26.8 Å². The number of carbonyl (C=O) groups is 3. The summed E-state index contributed by atoms with van der Waals surface area (Å²) < 4.78 is 53.6. The van der Waals surface area contributed by atoms with E-state index in [4.69, 9.17) is 5.41 Å². The highest BCUT2D eigenvalue weighted by Crippen LogP contribution is 2.25. The van der Waals surface area contributed by atoms with E-state index in [0.29, 0.717) is 5.56 Å². The molecule has 17 heteroatoms. The van der Waals surface area contributed by atoms with Gasteiger partial charge in [0, 0.05) is 31.7 Å². The number of likely N-dealkylation sites (N-methyl/N-ethyl adjacent to an activating group) is 1. The fourth-order valence-electron chi connectivity index (χ4n) is 4.87. The summed E-state index contributed by atoms with van der Waals surface area (Å²) in [6.07, 6.45) is 2.18. The number of hydrogen-bond acceptors (Lipinski definition) is 11. The summed E-state index contributed by atoms with van der Waals surface area (Å²) in [5, 5.41) is 12.7. The number of nitrogens with one attached hydrogen (secondary N) is 3. The Bertz CT molecular complexity index is 1770. The molecule has 2 aromatic carbocycles. The molecule has 1 aromatic heterocycles. The number of carbonyl (C=O) groups excluding carboxylic acids is 3. The maximum atomic E-state index is 14.0. The maximum Gasteiger partial charge on any atom is 0.253 e. The molecule has 246 valence electrons. The van der Waals surface area contributed by atoms with Gasteiger partial charge >= 0.3 is 0 Å². The molecular formula is C29H35N7O7S3. The highest BCUT2D eigenvalue weighted by molar-refractivity contribution is 7.89. The summed E-state index contributed by atoms with van der Waals surface area (Å²) >= 11 is 0.991. The molecular weight excluding hydrogens is 655 g/mol. The van der Waals surface area contributed by atoms with Crippen LogP contribution in [-0.2, 0) is 35.4 Å². The van der Waals surface area contributed by atoms with E-state index in [1.807, 2.05) is 0 Å². The molecule has 1 saturated heterocycles. The first-order chi connectivity index (χ1) is 21.8. The van der Waals surface area contributed by atoms with Crippen LogP contribution in [0.25, 0.3) is 0 Å². The predicted molar refractivity (Wildman–Crippen MR) is 172 cm³/mol. The minimum atomic E-state index is -4.23. The Kier molecular flexibility index (Phi) is 11.2. The lowest BCUT2D eigenvalue weighted by molar-refractivity contribution is -0.139. The van der Waals surface area contributed by atoms with E-state index in [1.54, 1.807) is 54.8 Å². The largest absolute Gasteiger partial charge is 0.331 e. The number of hydrogen-bond donors (Lipinski definition) is 3. The lowest BCUT2D eigenvalue weighted by Crippen LogP contribution is -2.69. The number of sulfonamides is 2. The van der Waals surface area contributed by atoms with Gasteiger partial charge in [0.15, 0.2) is 10.7 Å². The third-order valence-electron chi connectivity index (χ3n) is 7.36. The SMILES string of the molecule is Cc1ccc(S(=O)(=O)NN(C)[C@](CCC=N)(NC(=O)CN2CCN(S(=O)(=O)Cc3ccccc3)CC2=O)C(=O)c2nccs2)cc1. The summed E-state index contributed by atoms with van der Waals surface area (Å²) in [4.78, 5) is 48.1. The van der Waals surface area contributed by atoms with Crippen molar-refractivity contribution < 1.29 is 31.2 Å². The molecule has 0 spiro atoms. The van der Waals surface area contributed by atoms with Crippen LogP contribution in [0.3, 0.4) is 0 Å². The molecule has 0 saturated carbocycles. The van der Waals surface area contributed by atoms with Gasteiger partial charge in [0.2, 0.25) is 27.6 Å². The summed E-state index contributed by atoms with van der Waals surface area (Å²) in [6.45, 7) is 0.692. The molecule has 2 heterocycles. The molecule has 46 heavy (non-hydrogen) atoms. The molecule has 1 atom stereocenters. The van der Waals surface area contributed by atoms with Crippen LogP contribution in [0.5, 0.6) is 0 Å². The predicted octanol–water partition coefficient (Wildman–Crippen LogP) is 1.38. The van der Waals surface area contributed by atoms with Gasteiger partial charge in [-0.05, 0) is 43.7 Å². The van der Waals surface area contributed by atoms with E-state index >= 15 is 0 Å². The number of thiazole rings is 1. The number of hydrazine groups is 1. The van der Waals surface area contributed by atoms with E-state index in [2.05, 4.69) is 15.1 Å². The molecule has 2 amide bonds. The Morgan fingerprint density at radius 2 is 1.78 bits per heavy atom. The Labute approximate surface area is 272 Å². The summed E-state index contributed by atoms with van der Waals surface area (Å²) in [6, 6.07) is 14.6. The fourth-order valence-corrected chi connectivity index (χ4v) is 8.10. The van der Waals surface area contributed by atoms with Gasteiger partial charge in [-0.1, -0.05) is 48.0 Å². The van der Waals surface area contributed by atoms with Crippen LogP contribution in [0.4, 0.5) is 0 Å². The number of benzene rings is 2. The topological polar surface area (TPSA) is 190 Å². The standard InChI is InChI=1S/C29H35N7O7S3/c1-22-9-11-24(12-10-22)46(42,43)33-34(2)29(13-6-14-30,27(39)28-31-15-18-44-28)32-25(37)19-35-16-17-36(20-26(35)38)45(40,41)21-23-7-4-3-5-8-23/h3-5,7-12,14-15,18,30,33H,6,13,16-17,19-21H2,1-2H3,(H,32,37)/t29-/m0/s1. The number of amides is 2. The molecule has 14 nitrogen and oxygen atoms in total. The van der Waals surface area contributed by atoms with E-state index in [-0.39, 0.29) is 41.6 Å².